The van der Waals surface area contributed by atoms with Gasteiger partial charge in [-0.2, -0.15) is 13.2 Å². The molecule has 1 aliphatic carbocycles. The van der Waals surface area contributed by atoms with Crippen LogP contribution in [0.1, 0.15) is 104 Å². The van der Waals surface area contributed by atoms with Gasteiger partial charge in [-0.05, 0) is 55.7 Å². The van der Waals surface area contributed by atoms with E-state index in [0.29, 0.717) is 24.1 Å². The summed E-state index contributed by atoms with van der Waals surface area (Å²) in [5.41, 5.74) is -0.754. The van der Waals surface area contributed by atoms with Crippen LogP contribution in [-0.2, 0) is 22.2 Å². The van der Waals surface area contributed by atoms with E-state index in [4.69, 9.17) is 9.72 Å². The van der Waals surface area contributed by atoms with Crippen LogP contribution in [0.4, 0.5) is 18.0 Å². The molecule has 1 aromatic carbocycles. The first-order valence-corrected chi connectivity index (χ1v) is 16.4. The molecule has 1 aromatic heterocycles. The van der Waals surface area contributed by atoms with E-state index in [0.717, 1.165) is 37.3 Å². The molecule has 1 saturated carbocycles. The predicted octanol–water partition coefficient (Wildman–Crippen LogP) is 7.20. The number of aryl methyl sites for hydroxylation is 1. The fraction of sp³-hybridized carbons (Fsp3) is 0.676. The number of ether oxygens (including phenoxy) is 1. The van der Waals surface area contributed by atoms with Crippen molar-refractivity contribution in [2.75, 3.05) is 6.54 Å². The van der Waals surface area contributed by atoms with E-state index in [1.807, 2.05) is 6.92 Å². The third-order valence-corrected chi connectivity index (χ3v) is 9.44. The number of halogens is 3. The zero-order valence-corrected chi connectivity index (χ0v) is 27.5. The molecule has 12 heteroatoms. The van der Waals surface area contributed by atoms with Gasteiger partial charge < -0.3 is 20.1 Å². The van der Waals surface area contributed by atoms with E-state index in [-0.39, 0.29) is 23.7 Å². The maximum Gasteiger partial charge on any atom is 0.416 e. The van der Waals surface area contributed by atoms with Gasteiger partial charge in [0.05, 0.1) is 29.2 Å². The maximum absolute atomic E-state index is 13.8. The minimum absolute atomic E-state index is 0.0153. The zero-order chi connectivity index (χ0) is 33.8. The Morgan fingerprint density at radius 3 is 2.35 bits per heavy atom. The number of Topliss-reactive ketones (excluding diaryl/α,β-unsaturated/α-hetero) is 1. The molecule has 2 aromatic rings. The molecule has 2 amide bonds. The van der Waals surface area contributed by atoms with Crippen LogP contribution in [0.25, 0.3) is 11.0 Å². The van der Waals surface area contributed by atoms with Crippen molar-refractivity contribution in [2.24, 2.45) is 17.3 Å². The summed E-state index contributed by atoms with van der Waals surface area (Å²) in [4.78, 5) is 49.0. The van der Waals surface area contributed by atoms with Crippen LogP contribution in [0.15, 0.2) is 18.2 Å². The molecule has 2 heterocycles. The first-order valence-electron chi connectivity index (χ1n) is 16.4. The SMILES string of the molecule is CC[C@@H]1[C@@H](Oc2nc3cc(C(F)(F)F)ccc3nc2CCCCCC2CCCC2)CN(C(=O)[C@@H](NC(=O)O)C(C)(C)C)[C@@H]1C(C)=O. The van der Waals surface area contributed by atoms with Crippen LogP contribution in [0.5, 0.6) is 5.88 Å². The normalized spacial score (nSPS) is 21.5. The number of carbonyl (C=O) groups excluding carboxylic acids is 2. The molecule has 2 fully saturated rings. The Morgan fingerprint density at radius 1 is 1.07 bits per heavy atom. The highest BCUT2D eigenvalue weighted by Crippen LogP contribution is 2.36. The fourth-order valence-electron chi connectivity index (χ4n) is 7.03. The minimum atomic E-state index is -4.56. The number of hydrogen-bond acceptors (Lipinski definition) is 6. The van der Waals surface area contributed by atoms with Crippen molar-refractivity contribution in [3.05, 3.63) is 29.5 Å². The molecule has 254 valence electrons. The standard InChI is InChI=1S/C34H47F3N4O5/c1-6-23-27(19-41(28(23)20(2)42)31(43)29(33(3,4)5)40-32(44)45)46-30-25(15-9-7-8-12-21-13-10-11-14-21)38-24-17-16-22(34(35,36)37)18-26(24)39-30/h16-18,21,23,27-29,40H,6-15,19H2,1-5H3,(H,44,45)/t23-,27+,28-,29-/m1/s1. The molecule has 2 N–H and O–H groups in total. The molecule has 0 spiro atoms. The number of rotatable bonds is 12. The lowest BCUT2D eigenvalue weighted by molar-refractivity contribution is -0.141. The molecule has 4 atom stereocenters. The number of nitrogens with zero attached hydrogens (tertiary/aromatic N) is 3. The monoisotopic (exact) mass is 648 g/mol. The predicted molar refractivity (Wildman–Crippen MR) is 167 cm³/mol. The lowest BCUT2D eigenvalue weighted by Crippen LogP contribution is -2.56. The molecule has 9 nitrogen and oxygen atoms in total. The van der Waals surface area contributed by atoms with Crippen LogP contribution >= 0.6 is 0 Å². The number of ketones is 1. The summed E-state index contributed by atoms with van der Waals surface area (Å²) in [7, 11) is 0. The maximum atomic E-state index is 13.8. The van der Waals surface area contributed by atoms with Crippen molar-refractivity contribution in [1.29, 1.82) is 0 Å². The van der Waals surface area contributed by atoms with Crippen LogP contribution < -0.4 is 10.1 Å². The molecule has 0 bridgehead atoms. The number of nitrogens with one attached hydrogen (secondary N) is 1. The lowest BCUT2D eigenvalue weighted by Gasteiger charge is -2.35. The lowest BCUT2D eigenvalue weighted by atomic mass is 9.85. The van der Waals surface area contributed by atoms with Crippen LogP contribution in [0, 0.1) is 17.3 Å². The van der Waals surface area contributed by atoms with E-state index < -0.39 is 53.3 Å². The highest BCUT2D eigenvalue weighted by Gasteiger charge is 2.50. The second kappa shape index (κ2) is 14.5. The highest BCUT2D eigenvalue weighted by atomic mass is 19.4. The highest BCUT2D eigenvalue weighted by molar-refractivity contribution is 5.92. The van der Waals surface area contributed by atoms with Gasteiger partial charge in [-0.3, -0.25) is 9.59 Å². The molecular weight excluding hydrogens is 601 g/mol. The van der Waals surface area contributed by atoms with E-state index in [2.05, 4.69) is 10.3 Å². The van der Waals surface area contributed by atoms with Crippen molar-refractivity contribution in [3.8, 4) is 5.88 Å². The molecule has 2 aliphatic rings. The van der Waals surface area contributed by atoms with Crippen molar-refractivity contribution in [1.82, 2.24) is 20.2 Å². The number of benzene rings is 1. The van der Waals surface area contributed by atoms with Gasteiger partial charge in [-0.1, -0.05) is 72.6 Å². The number of fused-ring (bicyclic) bond motifs is 1. The largest absolute Gasteiger partial charge is 0.471 e. The van der Waals surface area contributed by atoms with E-state index >= 15 is 0 Å². The van der Waals surface area contributed by atoms with Crippen molar-refractivity contribution >= 4 is 28.8 Å². The molecule has 1 aliphatic heterocycles. The number of unbranched alkanes of at least 4 members (excludes halogenated alkanes) is 2. The fourth-order valence-corrected chi connectivity index (χ4v) is 7.03. The van der Waals surface area contributed by atoms with Gasteiger partial charge in [0.1, 0.15) is 17.8 Å². The van der Waals surface area contributed by atoms with Crippen LogP contribution in [0.2, 0.25) is 0 Å². The summed E-state index contributed by atoms with van der Waals surface area (Å²) in [5.74, 6) is -0.374. The number of alkyl halides is 3. The van der Waals surface area contributed by atoms with E-state index in [1.165, 1.54) is 50.0 Å². The number of carbonyl (C=O) groups is 3. The summed E-state index contributed by atoms with van der Waals surface area (Å²) in [5, 5.41) is 11.8. The summed E-state index contributed by atoms with van der Waals surface area (Å²) in [6.07, 6.45) is 3.58. The Labute approximate surface area is 268 Å². The van der Waals surface area contributed by atoms with Crippen molar-refractivity contribution in [2.45, 2.75) is 123 Å². The molecule has 0 unspecified atom stereocenters. The first-order chi connectivity index (χ1) is 21.6. The Balaban J connectivity index is 1.64. The minimum Gasteiger partial charge on any atom is -0.471 e. The third kappa shape index (κ3) is 8.47. The first kappa shape index (κ1) is 35.4. The van der Waals surface area contributed by atoms with Crippen molar-refractivity contribution in [3.63, 3.8) is 0 Å². The van der Waals surface area contributed by atoms with Gasteiger partial charge in [0.15, 0.2) is 5.78 Å². The van der Waals surface area contributed by atoms with E-state index in [1.54, 1.807) is 20.8 Å². The Hall–Kier alpha value is -3.44. The average molecular weight is 649 g/mol. The second-order valence-electron chi connectivity index (χ2n) is 13.9. The molecule has 46 heavy (non-hydrogen) atoms. The van der Waals surface area contributed by atoms with E-state index in [9.17, 15) is 32.7 Å². The van der Waals surface area contributed by atoms with Gasteiger partial charge in [-0.25, -0.2) is 14.8 Å². The van der Waals surface area contributed by atoms with Gasteiger partial charge in [-0.15, -0.1) is 0 Å². The summed E-state index contributed by atoms with van der Waals surface area (Å²) in [6.45, 7) is 8.44. The molecule has 4 rings (SSSR count). The summed E-state index contributed by atoms with van der Waals surface area (Å²) < 4.78 is 47.1. The van der Waals surface area contributed by atoms with Gasteiger partial charge in [0.2, 0.25) is 11.8 Å². The smallest absolute Gasteiger partial charge is 0.416 e. The van der Waals surface area contributed by atoms with Gasteiger partial charge in [0.25, 0.3) is 0 Å². The van der Waals surface area contributed by atoms with Crippen LogP contribution in [0.3, 0.4) is 0 Å². The van der Waals surface area contributed by atoms with Gasteiger partial charge >= 0.3 is 12.3 Å². The van der Waals surface area contributed by atoms with Crippen LogP contribution in [-0.4, -0.2) is 62.5 Å². The Morgan fingerprint density at radius 2 is 1.76 bits per heavy atom. The number of carboxylic acid groups (broad SMARTS) is 1. The molecule has 1 saturated heterocycles. The topological polar surface area (TPSA) is 122 Å². The molecule has 0 radical (unpaired) electrons. The second-order valence-corrected chi connectivity index (χ2v) is 13.9. The molecular formula is C34H47F3N4O5. The number of hydrogen-bond donors (Lipinski definition) is 2. The van der Waals surface area contributed by atoms with Gasteiger partial charge in [0, 0.05) is 5.92 Å². The third-order valence-electron chi connectivity index (χ3n) is 9.44. The van der Waals surface area contributed by atoms with Crippen molar-refractivity contribution < 1.29 is 37.4 Å². The number of aromatic nitrogens is 2. The number of amides is 2. The quantitative estimate of drug-likeness (QED) is 0.234. The summed E-state index contributed by atoms with van der Waals surface area (Å²) >= 11 is 0. The Bertz CT molecular complexity index is 1400. The Kier molecular flexibility index (Phi) is 11.2. The summed E-state index contributed by atoms with van der Waals surface area (Å²) in [6, 6.07) is 1.27. The number of likely N-dealkylation sites (tertiary alicyclic amines) is 1. The zero-order valence-electron chi connectivity index (χ0n) is 27.5. The average Bonchev–Trinajstić information content (AvgIpc) is 3.62.